The highest BCUT2D eigenvalue weighted by atomic mass is 16.2. The molecule has 2 aromatic heterocycles. The molecule has 7 nitrogen and oxygen atoms in total. The normalized spacial score (nSPS) is 20.4. The Hall–Kier alpha value is -3.19. The fourth-order valence-electron chi connectivity index (χ4n) is 5.88. The standard InChI is InChI=1S/C29H37N5O2/c1-20(30-2)28(35)32-27(22-10-4-3-5-11-22)29(36)34-15-8-13-26(34)23-17-24(19-31-18-23)33-16-14-21-9-6-7-12-25(21)33/h6-7,9,12,14,16-20,22,26-27,30H,3-5,8,10-11,13,15H2,1-2H3,(H,32,35). The van der Waals surface area contributed by atoms with Gasteiger partial charge in [-0.05, 0) is 74.7 Å². The summed E-state index contributed by atoms with van der Waals surface area (Å²) in [6.45, 7) is 2.54. The van der Waals surface area contributed by atoms with Crippen molar-refractivity contribution in [3.63, 3.8) is 0 Å². The molecule has 2 amide bonds. The van der Waals surface area contributed by atoms with Crippen molar-refractivity contribution in [1.82, 2.24) is 25.1 Å². The van der Waals surface area contributed by atoms with E-state index in [4.69, 9.17) is 0 Å². The third-order valence-electron chi connectivity index (χ3n) is 8.05. The summed E-state index contributed by atoms with van der Waals surface area (Å²) < 4.78 is 2.15. The number of carbonyl (C=O) groups is 2. The van der Waals surface area contributed by atoms with Gasteiger partial charge in [-0.25, -0.2) is 0 Å². The number of carbonyl (C=O) groups excluding carboxylic acids is 2. The molecule has 2 aliphatic rings. The molecule has 3 aromatic rings. The molecular formula is C29H37N5O2. The molecule has 3 unspecified atom stereocenters. The van der Waals surface area contributed by atoms with Crippen LogP contribution in [0.3, 0.4) is 0 Å². The van der Waals surface area contributed by atoms with E-state index in [9.17, 15) is 9.59 Å². The minimum Gasteiger partial charge on any atom is -0.343 e. The predicted molar refractivity (Wildman–Crippen MR) is 142 cm³/mol. The lowest BCUT2D eigenvalue weighted by molar-refractivity contribution is -0.139. The number of nitrogens with one attached hydrogen (secondary N) is 2. The van der Waals surface area contributed by atoms with Crippen LogP contribution in [-0.2, 0) is 9.59 Å². The zero-order valence-electron chi connectivity index (χ0n) is 21.3. The maximum atomic E-state index is 14.0. The van der Waals surface area contributed by atoms with Crippen molar-refractivity contribution in [1.29, 1.82) is 0 Å². The lowest BCUT2D eigenvalue weighted by Gasteiger charge is -2.35. The number of pyridine rings is 1. The van der Waals surface area contributed by atoms with E-state index in [1.807, 2.05) is 36.4 Å². The Morgan fingerprint density at radius 1 is 1.03 bits per heavy atom. The summed E-state index contributed by atoms with van der Waals surface area (Å²) in [6, 6.07) is 11.7. The molecule has 0 spiro atoms. The van der Waals surface area contributed by atoms with Crippen LogP contribution >= 0.6 is 0 Å². The van der Waals surface area contributed by atoms with Gasteiger partial charge in [-0.3, -0.25) is 14.6 Å². The summed E-state index contributed by atoms with van der Waals surface area (Å²) in [5.74, 6) is 0.134. The Morgan fingerprint density at radius 2 is 1.83 bits per heavy atom. The first-order chi connectivity index (χ1) is 17.6. The molecule has 1 saturated heterocycles. The van der Waals surface area contributed by atoms with Crippen LogP contribution in [0.2, 0.25) is 0 Å². The Kier molecular flexibility index (Phi) is 7.37. The molecule has 0 radical (unpaired) electrons. The van der Waals surface area contributed by atoms with Crippen LogP contribution < -0.4 is 10.6 Å². The molecule has 2 fully saturated rings. The first kappa shape index (κ1) is 24.5. The van der Waals surface area contributed by atoms with Crippen LogP contribution in [0.25, 0.3) is 16.6 Å². The first-order valence-corrected chi connectivity index (χ1v) is 13.4. The second-order valence-electron chi connectivity index (χ2n) is 10.3. The summed E-state index contributed by atoms with van der Waals surface area (Å²) >= 11 is 0. The summed E-state index contributed by atoms with van der Waals surface area (Å²) in [5.41, 5.74) is 3.18. The molecule has 2 N–H and O–H groups in total. The van der Waals surface area contributed by atoms with E-state index in [1.54, 1.807) is 7.05 Å². The Labute approximate surface area is 213 Å². The van der Waals surface area contributed by atoms with Gasteiger partial charge >= 0.3 is 0 Å². The van der Waals surface area contributed by atoms with Crippen LogP contribution in [0.15, 0.2) is 55.0 Å². The third-order valence-corrected chi connectivity index (χ3v) is 8.05. The lowest BCUT2D eigenvalue weighted by atomic mass is 9.83. The molecule has 1 saturated carbocycles. The van der Waals surface area contributed by atoms with Crippen LogP contribution in [0.1, 0.15) is 63.5 Å². The van der Waals surface area contributed by atoms with Crippen molar-refractivity contribution in [2.24, 2.45) is 5.92 Å². The highest BCUT2D eigenvalue weighted by molar-refractivity contribution is 5.90. The van der Waals surface area contributed by atoms with E-state index >= 15 is 0 Å². The molecule has 3 atom stereocenters. The van der Waals surface area contributed by atoms with Gasteiger partial charge in [0.1, 0.15) is 6.04 Å². The maximum Gasteiger partial charge on any atom is 0.245 e. The van der Waals surface area contributed by atoms with Crippen molar-refractivity contribution in [3.05, 3.63) is 60.6 Å². The van der Waals surface area contributed by atoms with E-state index in [0.29, 0.717) is 6.54 Å². The van der Waals surface area contributed by atoms with Gasteiger partial charge in [0.25, 0.3) is 0 Å². The SMILES string of the molecule is CNC(C)C(=O)NC(C(=O)N1CCCC1c1cncc(-n2ccc3ccccc32)c1)C1CCCCC1. The van der Waals surface area contributed by atoms with Gasteiger partial charge in [-0.1, -0.05) is 37.5 Å². The summed E-state index contributed by atoms with van der Waals surface area (Å²) in [7, 11) is 1.77. The minimum atomic E-state index is -0.473. The molecule has 190 valence electrons. The number of likely N-dealkylation sites (tertiary alicyclic amines) is 1. The number of para-hydroxylation sites is 1. The Bertz CT molecular complexity index is 1220. The van der Waals surface area contributed by atoms with E-state index in [-0.39, 0.29) is 29.8 Å². The van der Waals surface area contributed by atoms with E-state index in [0.717, 1.165) is 55.3 Å². The van der Waals surface area contributed by atoms with Crippen molar-refractivity contribution in [2.75, 3.05) is 13.6 Å². The van der Waals surface area contributed by atoms with Gasteiger partial charge in [-0.15, -0.1) is 0 Å². The maximum absolute atomic E-state index is 14.0. The molecule has 5 rings (SSSR count). The van der Waals surface area contributed by atoms with Gasteiger partial charge in [0.05, 0.1) is 29.5 Å². The molecule has 0 bridgehead atoms. The second kappa shape index (κ2) is 10.8. The second-order valence-corrected chi connectivity index (χ2v) is 10.3. The quantitative estimate of drug-likeness (QED) is 0.519. The number of fused-ring (bicyclic) bond motifs is 1. The number of amides is 2. The monoisotopic (exact) mass is 487 g/mol. The van der Waals surface area contributed by atoms with Crippen LogP contribution in [0.4, 0.5) is 0 Å². The largest absolute Gasteiger partial charge is 0.343 e. The van der Waals surface area contributed by atoms with Crippen molar-refractivity contribution in [3.8, 4) is 5.69 Å². The minimum absolute atomic E-state index is 0.0310. The molecule has 1 aromatic carbocycles. The van der Waals surface area contributed by atoms with Crippen LogP contribution in [0, 0.1) is 5.92 Å². The molecular weight excluding hydrogens is 450 g/mol. The van der Waals surface area contributed by atoms with Crippen LogP contribution in [-0.4, -0.2) is 51.9 Å². The topological polar surface area (TPSA) is 79.3 Å². The summed E-state index contributed by atoms with van der Waals surface area (Å²) in [4.78, 5) is 33.4. The predicted octanol–water partition coefficient (Wildman–Crippen LogP) is 4.36. The van der Waals surface area contributed by atoms with Crippen LogP contribution in [0.5, 0.6) is 0 Å². The summed E-state index contributed by atoms with van der Waals surface area (Å²) in [6.07, 6.45) is 13.1. The lowest BCUT2D eigenvalue weighted by Crippen LogP contribution is -2.55. The Morgan fingerprint density at radius 3 is 2.64 bits per heavy atom. The highest BCUT2D eigenvalue weighted by Gasteiger charge is 2.39. The number of benzene rings is 1. The fourth-order valence-corrected chi connectivity index (χ4v) is 5.88. The number of hydrogen-bond acceptors (Lipinski definition) is 4. The van der Waals surface area contributed by atoms with Crippen molar-refractivity contribution >= 4 is 22.7 Å². The van der Waals surface area contributed by atoms with E-state index in [1.165, 1.54) is 11.8 Å². The number of rotatable bonds is 7. The first-order valence-electron chi connectivity index (χ1n) is 13.4. The van der Waals surface area contributed by atoms with Gasteiger partial charge < -0.3 is 20.1 Å². The fraction of sp³-hybridized carbons (Fsp3) is 0.483. The van der Waals surface area contributed by atoms with Gasteiger partial charge in [0, 0.05) is 18.9 Å². The smallest absolute Gasteiger partial charge is 0.245 e. The average Bonchev–Trinajstić information content (AvgIpc) is 3.59. The average molecular weight is 488 g/mol. The highest BCUT2D eigenvalue weighted by Crippen LogP contribution is 2.35. The zero-order valence-corrected chi connectivity index (χ0v) is 21.3. The number of hydrogen-bond donors (Lipinski definition) is 2. The molecule has 1 aliphatic carbocycles. The molecule has 36 heavy (non-hydrogen) atoms. The molecule has 1 aliphatic heterocycles. The van der Waals surface area contributed by atoms with E-state index in [2.05, 4.69) is 50.6 Å². The molecule has 3 heterocycles. The number of nitrogens with zero attached hydrogens (tertiary/aromatic N) is 3. The van der Waals surface area contributed by atoms with Crippen molar-refractivity contribution in [2.45, 2.75) is 70.0 Å². The number of aromatic nitrogens is 2. The van der Waals surface area contributed by atoms with Gasteiger partial charge in [0.15, 0.2) is 0 Å². The van der Waals surface area contributed by atoms with Gasteiger partial charge in [-0.2, -0.15) is 0 Å². The van der Waals surface area contributed by atoms with Crippen molar-refractivity contribution < 1.29 is 9.59 Å². The van der Waals surface area contributed by atoms with E-state index < -0.39 is 6.04 Å². The summed E-state index contributed by atoms with van der Waals surface area (Å²) in [5, 5.41) is 7.31. The van der Waals surface area contributed by atoms with Gasteiger partial charge in [0.2, 0.25) is 11.8 Å². The third kappa shape index (κ3) is 4.89. The Balaban J connectivity index is 1.41. The zero-order chi connectivity index (χ0) is 25.1. The number of likely N-dealkylation sites (N-methyl/N-ethyl adjacent to an activating group) is 1. The molecule has 7 heteroatoms.